The molecule has 20 heavy (non-hydrogen) atoms. The van der Waals surface area contributed by atoms with Gasteiger partial charge < -0.3 is 11.1 Å². The Balaban J connectivity index is 0.00000361. The van der Waals surface area contributed by atoms with E-state index in [-0.39, 0.29) is 29.8 Å². The summed E-state index contributed by atoms with van der Waals surface area (Å²) in [6.07, 6.45) is 0.668. The van der Waals surface area contributed by atoms with E-state index < -0.39 is 10.0 Å². The minimum absolute atomic E-state index is 0. The average molecular weight is 322 g/mol. The van der Waals surface area contributed by atoms with Gasteiger partial charge in [-0.15, -0.1) is 12.4 Å². The van der Waals surface area contributed by atoms with Crippen molar-refractivity contribution >= 4 is 28.3 Å². The zero-order valence-electron chi connectivity index (χ0n) is 11.3. The van der Waals surface area contributed by atoms with Gasteiger partial charge in [-0.25, -0.2) is 8.42 Å². The maximum Gasteiger partial charge on any atom is 0.243 e. The van der Waals surface area contributed by atoms with Crippen molar-refractivity contribution in [1.82, 2.24) is 9.62 Å². The third-order valence-corrected chi connectivity index (χ3v) is 4.34. The number of nitrogens with one attached hydrogen (secondary N) is 1. The Hall–Kier alpha value is -1.15. The Bertz CT molecular complexity index is 508. The summed E-state index contributed by atoms with van der Waals surface area (Å²) in [4.78, 5) is 11.7. The van der Waals surface area contributed by atoms with Crippen LogP contribution in [0, 0.1) is 0 Å². The smallest absolute Gasteiger partial charge is 0.243 e. The number of amides is 1. The van der Waals surface area contributed by atoms with Crippen LogP contribution in [0.15, 0.2) is 35.2 Å². The van der Waals surface area contributed by atoms with Crippen LogP contribution in [-0.4, -0.2) is 45.3 Å². The van der Waals surface area contributed by atoms with Gasteiger partial charge in [0.15, 0.2) is 0 Å². The summed E-state index contributed by atoms with van der Waals surface area (Å²) in [7, 11) is -2.24. The van der Waals surface area contributed by atoms with Crippen LogP contribution in [0.2, 0.25) is 0 Å². The third kappa shape index (κ3) is 5.46. The molecule has 0 aromatic heterocycles. The van der Waals surface area contributed by atoms with Crippen molar-refractivity contribution in [2.75, 3.05) is 26.7 Å². The molecule has 0 saturated heterocycles. The highest BCUT2D eigenvalue weighted by atomic mass is 35.5. The lowest BCUT2D eigenvalue weighted by molar-refractivity contribution is -0.121. The van der Waals surface area contributed by atoms with Crippen molar-refractivity contribution in [2.24, 2.45) is 5.73 Å². The predicted molar refractivity (Wildman–Crippen MR) is 80.2 cm³/mol. The summed E-state index contributed by atoms with van der Waals surface area (Å²) in [6.45, 7) is 0.731. The Morgan fingerprint density at radius 1 is 1.30 bits per heavy atom. The van der Waals surface area contributed by atoms with E-state index in [2.05, 4.69) is 5.32 Å². The lowest BCUT2D eigenvalue weighted by atomic mass is 10.4. The van der Waals surface area contributed by atoms with Crippen LogP contribution in [0.3, 0.4) is 0 Å². The molecule has 0 spiro atoms. The Labute approximate surface area is 125 Å². The first-order chi connectivity index (χ1) is 8.98. The van der Waals surface area contributed by atoms with Crippen molar-refractivity contribution in [2.45, 2.75) is 11.3 Å². The highest BCUT2D eigenvalue weighted by Crippen LogP contribution is 2.12. The van der Waals surface area contributed by atoms with Gasteiger partial charge in [0.2, 0.25) is 15.9 Å². The molecule has 0 bridgehead atoms. The van der Waals surface area contributed by atoms with Gasteiger partial charge in [0, 0.05) is 13.6 Å². The molecule has 3 N–H and O–H groups in total. The largest absolute Gasteiger partial charge is 0.355 e. The summed E-state index contributed by atoms with van der Waals surface area (Å²) in [5, 5.41) is 2.61. The fraction of sp³-hybridized carbons (Fsp3) is 0.417. The molecule has 8 heteroatoms. The molecule has 0 aliphatic heterocycles. The van der Waals surface area contributed by atoms with Crippen molar-refractivity contribution in [1.29, 1.82) is 0 Å². The van der Waals surface area contributed by atoms with Crippen LogP contribution in [0.25, 0.3) is 0 Å². The van der Waals surface area contributed by atoms with Gasteiger partial charge >= 0.3 is 0 Å². The predicted octanol–water partition coefficient (Wildman–Crippen LogP) is 0.194. The van der Waals surface area contributed by atoms with Crippen molar-refractivity contribution < 1.29 is 13.2 Å². The van der Waals surface area contributed by atoms with E-state index in [4.69, 9.17) is 5.73 Å². The van der Waals surface area contributed by atoms with Crippen LogP contribution in [0.5, 0.6) is 0 Å². The summed E-state index contributed by atoms with van der Waals surface area (Å²) in [6, 6.07) is 8.01. The van der Waals surface area contributed by atoms with Crippen LogP contribution in [0.4, 0.5) is 0 Å². The first-order valence-corrected chi connectivity index (χ1v) is 7.40. The summed E-state index contributed by atoms with van der Waals surface area (Å²) >= 11 is 0. The third-order valence-electron chi connectivity index (χ3n) is 2.52. The highest BCUT2D eigenvalue weighted by molar-refractivity contribution is 7.89. The number of halogens is 1. The van der Waals surface area contributed by atoms with Crippen LogP contribution < -0.4 is 11.1 Å². The number of rotatable bonds is 7. The minimum Gasteiger partial charge on any atom is -0.355 e. The van der Waals surface area contributed by atoms with Gasteiger partial charge in [-0.1, -0.05) is 18.2 Å². The highest BCUT2D eigenvalue weighted by Gasteiger charge is 2.22. The molecule has 0 unspecified atom stereocenters. The van der Waals surface area contributed by atoms with Gasteiger partial charge in [-0.05, 0) is 25.1 Å². The number of hydrogen-bond donors (Lipinski definition) is 2. The molecule has 0 aliphatic carbocycles. The monoisotopic (exact) mass is 321 g/mol. The van der Waals surface area contributed by atoms with Crippen LogP contribution in [0.1, 0.15) is 6.42 Å². The number of hydrogen-bond acceptors (Lipinski definition) is 4. The second kappa shape index (κ2) is 8.91. The first kappa shape index (κ1) is 18.9. The molecule has 0 fully saturated rings. The van der Waals surface area contributed by atoms with Gasteiger partial charge in [-0.3, -0.25) is 4.79 Å². The first-order valence-electron chi connectivity index (χ1n) is 5.96. The summed E-state index contributed by atoms with van der Waals surface area (Å²) < 4.78 is 25.3. The molecule has 1 amide bonds. The van der Waals surface area contributed by atoms with E-state index in [1.807, 2.05) is 0 Å². The average Bonchev–Trinajstić information content (AvgIpc) is 2.40. The lowest BCUT2D eigenvalue weighted by Gasteiger charge is -2.16. The van der Waals surface area contributed by atoms with E-state index in [1.165, 1.54) is 19.2 Å². The quantitative estimate of drug-likeness (QED) is 0.701. The number of nitrogens with two attached hydrogens (primary N) is 1. The normalized spacial score (nSPS) is 10.9. The molecule has 0 aliphatic rings. The Morgan fingerprint density at radius 2 is 1.90 bits per heavy atom. The molecule has 114 valence electrons. The summed E-state index contributed by atoms with van der Waals surface area (Å²) in [5.74, 6) is -0.338. The molecule has 0 radical (unpaired) electrons. The van der Waals surface area contributed by atoms with Gasteiger partial charge in [-0.2, -0.15) is 4.31 Å². The van der Waals surface area contributed by atoms with E-state index in [9.17, 15) is 13.2 Å². The summed E-state index contributed by atoms with van der Waals surface area (Å²) in [5.41, 5.74) is 5.30. The molecule has 6 nitrogen and oxygen atoms in total. The SMILES string of the molecule is CN(CC(=O)NCCCN)S(=O)(=O)c1ccccc1.Cl. The maximum atomic E-state index is 12.1. The van der Waals surface area contributed by atoms with Crippen LogP contribution in [-0.2, 0) is 14.8 Å². The standard InChI is InChI=1S/C12H19N3O3S.ClH/c1-15(10-12(16)14-9-5-8-13)19(17,18)11-6-3-2-4-7-11;/h2-4,6-7H,5,8-10,13H2,1H3,(H,14,16);1H. The molecule has 1 aromatic carbocycles. The molecular formula is C12H20ClN3O3S. The molecule has 1 rings (SSSR count). The van der Waals surface area contributed by atoms with Gasteiger partial charge in [0.1, 0.15) is 0 Å². The van der Waals surface area contributed by atoms with E-state index in [0.717, 1.165) is 4.31 Å². The van der Waals surface area contributed by atoms with Crippen molar-refractivity contribution in [3.8, 4) is 0 Å². The van der Waals surface area contributed by atoms with Gasteiger partial charge in [0.05, 0.1) is 11.4 Å². The number of nitrogens with zero attached hydrogens (tertiary/aromatic N) is 1. The number of carbonyl (C=O) groups is 1. The second-order valence-electron chi connectivity index (χ2n) is 4.07. The Kier molecular flexibility index (Phi) is 8.40. The second-order valence-corrected chi connectivity index (χ2v) is 6.11. The van der Waals surface area contributed by atoms with Crippen LogP contribution >= 0.6 is 12.4 Å². The minimum atomic E-state index is -3.62. The van der Waals surface area contributed by atoms with E-state index >= 15 is 0 Å². The fourth-order valence-electron chi connectivity index (χ4n) is 1.45. The zero-order valence-corrected chi connectivity index (χ0v) is 12.9. The van der Waals surface area contributed by atoms with E-state index in [0.29, 0.717) is 19.5 Å². The molecule has 0 atom stereocenters. The lowest BCUT2D eigenvalue weighted by Crippen LogP contribution is -2.38. The molecule has 0 saturated carbocycles. The number of carbonyl (C=O) groups excluding carboxylic acids is 1. The molecule has 1 aromatic rings. The Morgan fingerprint density at radius 3 is 2.45 bits per heavy atom. The number of benzene rings is 1. The molecule has 0 heterocycles. The van der Waals surface area contributed by atoms with Crippen molar-refractivity contribution in [3.63, 3.8) is 0 Å². The molecular weight excluding hydrogens is 302 g/mol. The maximum absolute atomic E-state index is 12.1. The fourth-order valence-corrected chi connectivity index (χ4v) is 2.59. The number of likely N-dealkylation sites (N-methyl/N-ethyl adjacent to an activating group) is 1. The van der Waals surface area contributed by atoms with Gasteiger partial charge in [0.25, 0.3) is 0 Å². The zero-order chi connectivity index (χ0) is 14.3. The number of sulfonamides is 1. The topological polar surface area (TPSA) is 92.5 Å². The van der Waals surface area contributed by atoms with Crippen molar-refractivity contribution in [3.05, 3.63) is 30.3 Å². The van der Waals surface area contributed by atoms with E-state index in [1.54, 1.807) is 18.2 Å².